The number of aliphatic carboxylic acids is 1. The van der Waals surface area contributed by atoms with Crippen LogP contribution in [0.4, 0.5) is 0 Å². The SMILES string of the molecule is C[C@@](NC(=O)c1ccn(C2CCCC2)n1)(C(=O)O)C1CC1. The molecule has 6 heteroatoms. The Morgan fingerprint density at radius 1 is 1.33 bits per heavy atom. The topological polar surface area (TPSA) is 84.2 Å². The number of nitrogens with one attached hydrogen (secondary N) is 1. The van der Waals surface area contributed by atoms with Gasteiger partial charge in [0.25, 0.3) is 5.91 Å². The average molecular weight is 291 g/mol. The second kappa shape index (κ2) is 5.16. The molecule has 0 bridgehead atoms. The van der Waals surface area contributed by atoms with Gasteiger partial charge < -0.3 is 10.4 Å². The van der Waals surface area contributed by atoms with Gasteiger partial charge in [0.2, 0.25) is 0 Å². The highest BCUT2D eigenvalue weighted by atomic mass is 16.4. The van der Waals surface area contributed by atoms with Crippen LogP contribution in [0.5, 0.6) is 0 Å². The smallest absolute Gasteiger partial charge is 0.329 e. The third kappa shape index (κ3) is 2.66. The lowest BCUT2D eigenvalue weighted by molar-refractivity contribution is -0.144. The fourth-order valence-electron chi connectivity index (χ4n) is 3.12. The van der Waals surface area contributed by atoms with E-state index in [1.54, 1.807) is 13.0 Å². The molecule has 1 aromatic rings. The molecule has 21 heavy (non-hydrogen) atoms. The van der Waals surface area contributed by atoms with Crippen LogP contribution in [-0.4, -0.2) is 32.3 Å². The zero-order valence-corrected chi connectivity index (χ0v) is 12.2. The number of carboxylic acids is 1. The molecule has 0 aromatic carbocycles. The Bertz CT molecular complexity index is 558. The second-order valence-electron chi connectivity index (χ2n) is 6.36. The van der Waals surface area contributed by atoms with Crippen molar-refractivity contribution < 1.29 is 14.7 Å². The molecule has 1 atom stereocenters. The van der Waals surface area contributed by atoms with Crippen LogP contribution in [0.25, 0.3) is 0 Å². The fourth-order valence-corrected chi connectivity index (χ4v) is 3.12. The lowest BCUT2D eigenvalue weighted by Crippen LogP contribution is -2.54. The first-order valence-corrected chi connectivity index (χ1v) is 7.62. The zero-order chi connectivity index (χ0) is 15.0. The van der Waals surface area contributed by atoms with Crippen molar-refractivity contribution in [3.63, 3.8) is 0 Å². The van der Waals surface area contributed by atoms with Crippen LogP contribution in [0.3, 0.4) is 0 Å². The van der Waals surface area contributed by atoms with E-state index in [1.807, 2.05) is 10.9 Å². The Morgan fingerprint density at radius 3 is 2.57 bits per heavy atom. The lowest BCUT2D eigenvalue weighted by atomic mass is 9.96. The maximum Gasteiger partial charge on any atom is 0.329 e. The summed E-state index contributed by atoms with van der Waals surface area (Å²) in [6, 6.07) is 2.05. The first-order valence-electron chi connectivity index (χ1n) is 7.62. The Hall–Kier alpha value is -1.85. The second-order valence-corrected chi connectivity index (χ2v) is 6.36. The van der Waals surface area contributed by atoms with Crippen molar-refractivity contribution in [3.05, 3.63) is 18.0 Å². The highest BCUT2D eigenvalue weighted by molar-refractivity contribution is 5.96. The minimum atomic E-state index is -1.19. The van der Waals surface area contributed by atoms with Gasteiger partial charge in [-0.05, 0) is 44.6 Å². The van der Waals surface area contributed by atoms with Gasteiger partial charge >= 0.3 is 5.97 Å². The van der Waals surface area contributed by atoms with Crippen LogP contribution in [0.2, 0.25) is 0 Å². The van der Waals surface area contributed by atoms with Gasteiger partial charge in [0.15, 0.2) is 0 Å². The van der Waals surface area contributed by atoms with Crippen LogP contribution < -0.4 is 5.32 Å². The summed E-state index contributed by atoms with van der Waals surface area (Å²) in [5.41, 5.74) is -0.885. The predicted molar refractivity (Wildman–Crippen MR) is 76.0 cm³/mol. The Morgan fingerprint density at radius 2 is 2.00 bits per heavy atom. The van der Waals surface area contributed by atoms with Gasteiger partial charge in [-0.3, -0.25) is 9.48 Å². The number of carbonyl (C=O) groups is 2. The highest BCUT2D eigenvalue weighted by Gasteiger charge is 2.48. The number of carboxylic acid groups (broad SMARTS) is 1. The molecule has 2 saturated carbocycles. The number of aromatic nitrogens is 2. The molecule has 2 aliphatic carbocycles. The van der Waals surface area contributed by atoms with Gasteiger partial charge in [0.05, 0.1) is 6.04 Å². The Labute approximate surface area is 123 Å². The molecule has 1 aromatic heterocycles. The van der Waals surface area contributed by atoms with Crippen molar-refractivity contribution in [1.29, 1.82) is 0 Å². The quantitative estimate of drug-likeness (QED) is 0.868. The monoisotopic (exact) mass is 291 g/mol. The summed E-state index contributed by atoms with van der Waals surface area (Å²) in [5, 5.41) is 16.4. The molecule has 1 amide bonds. The lowest BCUT2D eigenvalue weighted by Gasteiger charge is -2.25. The van der Waals surface area contributed by atoms with E-state index in [9.17, 15) is 14.7 Å². The fraction of sp³-hybridized carbons (Fsp3) is 0.667. The molecule has 0 saturated heterocycles. The van der Waals surface area contributed by atoms with Gasteiger partial charge in [0.1, 0.15) is 11.2 Å². The summed E-state index contributed by atoms with van der Waals surface area (Å²) < 4.78 is 1.84. The van der Waals surface area contributed by atoms with E-state index in [0.717, 1.165) is 25.7 Å². The first kappa shape index (κ1) is 14.1. The Kier molecular flexibility index (Phi) is 3.47. The number of amides is 1. The van der Waals surface area contributed by atoms with E-state index in [2.05, 4.69) is 10.4 Å². The molecule has 1 heterocycles. The maximum absolute atomic E-state index is 12.3. The van der Waals surface area contributed by atoms with E-state index in [-0.39, 0.29) is 5.92 Å². The number of carbonyl (C=O) groups excluding carboxylic acids is 1. The molecule has 2 N–H and O–H groups in total. The molecular weight excluding hydrogens is 270 g/mol. The summed E-state index contributed by atoms with van der Waals surface area (Å²) in [5.74, 6) is -1.35. The van der Waals surface area contributed by atoms with E-state index in [0.29, 0.717) is 11.7 Å². The molecule has 3 rings (SSSR count). The average Bonchev–Trinajstić information content (AvgIpc) is 2.97. The number of nitrogens with zero attached hydrogens (tertiary/aromatic N) is 2. The van der Waals surface area contributed by atoms with Crippen molar-refractivity contribution >= 4 is 11.9 Å². The standard InChI is InChI=1S/C15H21N3O3/c1-15(14(20)21,10-6-7-10)16-13(19)12-8-9-18(17-12)11-4-2-3-5-11/h8-11H,2-7H2,1H3,(H,16,19)(H,20,21)/t15-/m0/s1. The largest absolute Gasteiger partial charge is 0.480 e. The van der Waals surface area contributed by atoms with E-state index in [1.165, 1.54) is 12.8 Å². The molecule has 114 valence electrons. The van der Waals surface area contributed by atoms with Crippen molar-refractivity contribution in [2.75, 3.05) is 0 Å². The molecule has 6 nitrogen and oxygen atoms in total. The van der Waals surface area contributed by atoms with E-state index >= 15 is 0 Å². The molecule has 0 unspecified atom stereocenters. The van der Waals surface area contributed by atoms with Gasteiger partial charge in [0, 0.05) is 6.20 Å². The number of rotatable bonds is 5. The van der Waals surface area contributed by atoms with Crippen molar-refractivity contribution in [3.8, 4) is 0 Å². The van der Waals surface area contributed by atoms with Gasteiger partial charge in [-0.25, -0.2) is 4.79 Å². The molecule has 0 spiro atoms. The molecule has 0 radical (unpaired) electrons. The van der Waals surface area contributed by atoms with Crippen molar-refractivity contribution in [1.82, 2.24) is 15.1 Å². The van der Waals surface area contributed by atoms with Crippen LogP contribution in [0.15, 0.2) is 12.3 Å². The van der Waals surface area contributed by atoms with Crippen molar-refractivity contribution in [2.45, 2.75) is 57.0 Å². The van der Waals surface area contributed by atoms with Gasteiger partial charge in [-0.1, -0.05) is 12.8 Å². The molecule has 0 aliphatic heterocycles. The van der Waals surface area contributed by atoms with E-state index < -0.39 is 17.4 Å². The number of hydrogen-bond acceptors (Lipinski definition) is 3. The minimum absolute atomic E-state index is 0.0240. The summed E-state index contributed by atoms with van der Waals surface area (Å²) in [7, 11) is 0. The van der Waals surface area contributed by atoms with Crippen LogP contribution in [0.1, 0.15) is 62.0 Å². The van der Waals surface area contributed by atoms with Gasteiger partial charge in [-0.15, -0.1) is 0 Å². The Balaban J connectivity index is 1.71. The summed E-state index contributed by atoms with van der Waals surface area (Å²) in [4.78, 5) is 23.7. The minimum Gasteiger partial charge on any atom is -0.480 e. The summed E-state index contributed by atoms with van der Waals surface area (Å²) in [6.07, 6.45) is 8.10. The molecular formula is C15H21N3O3. The van der Waals surface area contributed by atoms with Crippen molar-refractivity contribution in [2.24, 2.45) is 5.92 Å². The van der Waals surface area contributed by atoms with Crippen LogP contribution in [-0.2, 0) is 4.79 Å². The first-order chi connectivity index (χ1) is 10.0. The molecule has 2 fully saturated rings. The van der Waals surface area contributed by atoms with E-state index in [4.69, 9.17) is 0 Å². The highest BCUT2D eigenvalue weighted by Crippen LogP contribution is 2.39. The zero-order valence-electron chi connectivity index (χ0n) is 12.2. The normalized spacial score (nSPS) is 22.0. The summed E-state index contributed by atoms with van der Waals surface area (Å²) in [6.45, 7) is 1.58. The number of hydrogen-bond donors (Lipinski definition) is 2. The maximum atomic E-state index is 12.3. The summed E-state index contributed by atoms with van der Waals surface area (Å²) >= 11 is 0. The van der Waals surface area contributed by atoms with Gasteiger partial charge in [-0.2, -0.15) is 5.10 Å². The molecule has 2 aliphatic rings. The van der Waals surface area contributed by atoms with Crippen LogP contribution in [0, 0.1) is 5.92 Å². The third-order valence-corrected chi connectivity index (χ3v) is 4.75. The van der Waals surface area contributed by atoms with Crippen LogP contribution >= 0.6 is 0 Å². The third-order valence-electron chi connectivity index (χ3n) is 4.75. The predicted octanol–water partition coefficient (Wildman–Crippen LogP) is 1.98.